The zero-order valence-electron chi connectivity index (χ0n) is 9.10. The van der Waals surface area contributed by atoms with Gasteiger partial charge in [-0.3, -0.25) is 0 Å². The van der Waals surface area contributed by atoms with E-state index in [0.29, 0.717) is 0 Å². The van der Waals surface area contributed by atoms with Crippen LogP contribution in [0.4, 0.5) is 11.4 Å². The summed E-state index contributed by atoms with van der Waals surface area (Å²) >= 11 is 0. The Kier molecular flexibility index (Phi) is 3.43. The van der Waals surface area contributed by atoms with Crippen LogP contribution in [0.2, 0.25) is 0 Å². The van der Waals surface area contributed by atoms with E-state index >= 15 is 0 Å². The van der Waals surface area contributed by atoms with Gasteiger partial charge in [0.25, 0.3) is 0 Å². The number of ether oxygens (including phenoxy) is 1. The third-order valence-electron chi connectivity index (χ3n) is 2.34. The fourth-order valence-corrected chi connectivity index (χ4v) is 1.78. The first kappa shape index (κ1) is 11.0. The Morgan fingerprint density at radius 1 is 0.938 bits per heavy atom. The lowest BCUT2D eigenvalue weighted by Crippen LogP contribution is -2.02. The van der Waals surface area contributed by atoms with Crippen LogP contribution in [0, 0.1) is 0 Å². The van der Waals surface area contributed by atoms with E-state index < -0.39 is 0 Å². The summed E-state index contributed by atoms with van der Waals surface area (Å²) in [5.74, 6) is 0.843. The molecule has 0 aliphatic carbocycles. The third kappa shape index (κ3) is 2.34. The highest BCUT2D eigenvalue weighted by atomic mass is 31.0. The molecule has 0 saturated heterocycles. The number of anilines is 2. The van der Waals surface area contributed by atoms with Gasteiger partial charge in [-0.1, -0.05) is 30.3 Å². The van der Waals surface area contributed by atoms with E-state index in [0.717, 1.165) is 22.4 Å². The molecule has 2 aromatic rings. The Bertz CT molecular complexity index is 485. The number of nitrogens with one attached hydrogen (secondary N) is 1. The van der Waals surface area contributed by atoms with Gasteiger partial charge in [-0.15, -0.1) is 9.24 Å². The second-order valence-electron chi connectivity index (χ2n) is 3.41. The molecule has 0 aromatic heterocycles. The second-order valence-corrected chi connectivity index (χ2v) is 4.03. The molecule has 16 heavy (non-hydrogen) atoms. The minimum absolute atomic E-state index is 0.843. The largest absolute Gasteiger partial charge is 0.495 e. The fourth-order valence-electron chi connectivity index (χ4n) is 1.50. The standard InChI is InChI=1S/C13H14NOP/c1-15-12-8-4-2-6-10(12)14-11-7-3-5-9-13(11)16/h2-9,14H,16H2,1H3. The molecule has 0 saturated carbocycles. The molecule has 3 heteroatoms. The van der Waals surface area contributed by atoms with Crippen LogP contribution in [-0.4, -0.2) is 7.11 Å². The highest BCUT2D eigenvalue weighted by Gasteiger charge is 2.02. The maximum atomic E-state index is 5.29. The van der Waals surface area contributed by atoms with Crippen molar-refractivity contribution < 1.29 is 4.74 Å². The van der Waals surface area contributed by atoms with Crippen molar-refractivity contribution in [2.24, 2.45) is 0 Å². The summed E-state index contributed by atoms with van der Waals surface area (Å²) in [6.07, 6.45) is 0. The van der Waals surface area contributed by atoms with Crippen LogP contribution in [-0.2, 0) is 0 Å². The van der Waals surface area contributed by atoms with Crippen LogP contribution in [0.5, 0.6) is 5.75 Å². The number of methoxy groups -OCH3 is 1. The fraction of sp³-hybridized carbons (Fsp3) is 0.0769. The van der Waals surface area contributed by atoms with E-state index in [2.05, 4.69) is 14.6 Å². The zero-order chi connectivity index (χ0) is 11.4. The highest BCUT2D eigenvalue weighted by molar-refractivity contribution is 7.28. The Morgan fingerprint density at radius 3 is 2.25 bits per heavy atom. The lowest BCUT2D eigenvalue weighted by molar-refractivity contribution is 0.417. The van der Waals surface area contributed by atoms with Crippen LogP contribution in [0.1, 0.15) is 0 Å². The molecule has 2 aromatic carbocycles. The van der Waals surface area contributed by atoms with E-state index in [1.165, 1.54) is 0 Å². The number of hydrogen-bond donors (Lipinski definition) is 1. The molecule has 0 spiro atoms. The molecule has 1 atom stereocenters. The van der Waals surface area contributed by atoms with Crippen LogP contribution in [0.3, 0.4) is 0 Å². The molecule has 0 bridgehead atoms. The second kappa shape index (κ2) is 5.00. The van der Waals surface area contributed by atoms with Gasteiger partial charge in [0.15, 0.2) is 0 Å². The number of hydrogen-bond acceptors (Lipinski definition) is 2. The monoisotopic (exact) mass is 231 g/mol. The minimum atomic E-state index is 0.843. The highest BCUT2D eigenvalue weighted by Crippen LogP contribution is 2.26. The van der Waals surface area contributed by atoms with Crippen LogP contribution in [0.25, 0.3) is 0 Å². The van der Waals surface area contributed by atoms with Crippen molar-refractivity contribution >= 4 is 25.9 Å². The molecule has 2 rings (SSSR count). The van der Waals surface area contributed by atoms with E-state index in [1.807, 2.05) is 48.5 Å². The molecule has 0 aliphatic rings. The first-order valence-corrected chi connectivity index (χ1v) is 5.63. The number of benzene rings is 2. The molecular weight excluding hydrogens is 217 g/mol. The van der Waals surface area contributed by atoms with Gasteiger partial charge in [-0.25, -0.2) is 0 Å². The molecule has 0 radical (unpaired) electrons. The summed E-state index contributed by atoms with van der Waals surface area (Å²) in [6, 6.07) is 16.0. The summed E-state index contributed by atoms with van der Waals surface area (Å²) in [7, 11) is 4.38. The normalized spacial score (nSPS) is 9.88. The van der Waals surface area contributed by atoms with Gasteiger partial charge in [-0.05, 0) is 23.5 Å². The van der Waals surface area contributed by atoms with Crippen molar-refractivity contribution in [2.75, 3.05) is 12.4 Å². The Labute approximate surface area is 97.8 Å². The lowest BCUT2D eigenvalue weighted by Gasteiger charge is -2.12. The number of rotatable bonds is 3. The van der Waals surface area contributed by atoms with Gasteiger partial charge in [0.1, 0.15) is 5.75 Å². The van der Waals surface area contributed by atoms with E-state index in [9.17, 15) is 0 Å². The minimum Gasteiger partial charge on any atom is -0.495 e. The lowest BCUT2D eigenvalue weighted by atomic mass is 10.2. The van der Waals surface area contributed by atoms with Crippen LogP contribution >= 0.6 is 9.24 Å². The summed E-state index contributed by atoms with van der Waals surface area (Å²) in [6.45, 7) is 0. The Balaban J connectivity index is 2.30. The van der Waals surface area contributed by atoms with Gasteiger partial charge < -0.3 is 10.1 Å². The molecule has 0 aliphatic heterocycles. The van der Waals surface area contributed by atoms with Crippen LogP contribution in [0.15, 0.2) is 48.5 Å². The summed E-state index contributed by atoms with van der Waals surface area (Å²) < 4.78 is 5.29. The third-order valence-corrected chi connectivity index (χ3v) is 2.84. The van der Waals surface area contributed by atoms with E-state index in [1.54, 1.807) is 7.11 Å². The van der Waals surface area contributed by atoms with Gasteiger partial charge in [0.2, 0.25) is 0 Å². The van der Waals surface area contributed by atoms with Crippen molar-refractivity contribution in [3.8, 4) is 5.75 Å². The zero-order valence-corrected chi connectivity index (χ0v) is 10.3. The molecule has 1 N–H and O–H groups in total. The molecule has 82 valence electrons. The van der Waals surface area contributed by atoms with Gasteiger partial charge in [-0.2, -0.15) is 0 Å². The predicted octanol–water partition coefficient (Wildman–Crippen LogP) is 2.94. The molecule has 0 amide bonds. The van der Waals surface area contributed by atoms with Crippen molar-refractivity contribution in [3.63, 3.8) is 0 Å². The first-order chi connectivity index (χ1) is 7.81. The van der Waals surface area contributed by atoms with E-state index in [-0.39, 0.29) is 0 Å². The molecular formula is C13H14NOP. The van der Waals surface area contributed by atoms with Crippen molar-refractivity contribution in [2.45, 2.75) is 0 Å². The maximum absolute atomic E-state index is 5.29. The maximum Gasteiger partial charge on any atom is 0.142 e. The van der Waals surface area contributed by atoms with Crippen LogP contribution < -0.4 is 15.4 Å². The van der Waals surface area contributed by atoms with Gasteiger partial charge in [0, 0.05) is 5.69 Å². The average molecular weight is 231 g/mol. The Morgan fingerprint density at radius 2 is 1.56 bits per heavy atom. The number of para-hydroxylation sites is 3. The Hall–Kier alpha value is -1.53. The van der Waals surface area contributed by atoms with Crippen molar-refractivity contribution in [1.29, 1.82) is 0 Å². The summed E-state index contributed by atoms with van der Waals surface area (Å²) in [5.41, 5.74) is 2.04. The molecule has 2 nitrogen and oxygen atoms in total. The van der Waals surface area contributed by atoms with Crippen molar-refractivity contribution in [3.05, 3.63) is 48.5 Å². The quantitative estimate of drug-likeness (QED) is 0.820. The first-order valence-electron chi connectivity index (χ1n) is 5.06. The van der Waals surface area contributed by atoms with E-state index in [4.69, 9.17) is 4.74 Å². The summed E-state index contributed by atoms with van der Waals surface area (Å²) in [4.78, 5) is 0. The smallest absolute Gasteiger partial charge is 0.142 e. The molecule has 1 unspecified atom stereocenters. The molecule has 0 fully saturated rings. The SMILES string of the molecule is COc1ccccc1Nc1ccccc1P. The summed E-state index contributed by atoms with van der Waals surface area (Å²) in [5, 5.41) is 4.48. The van der Waals surface area contributed by atoms with Gasteiger partial charge in [0.05, 0.1) is 12.8 Å². The van der Waals surface area contributed by atoms with Crippen molar-refractivity contribution in [1.82, 2.24) is 0 Å². The molecule has 0 heterocycles. The topological polar surface area (TPSA) is 21.3 Å². The predicted molar refractivity (Wildman–Crippen MR) is 72.1 cm³/mol. The average Bonchev–Trinajstić information content (AvgIpc) is 2.33. The van der Waals surface area contributed by atoms with Gasteiger partial charge >= 0.3 is 0 Å².